The number of rotatable bonds is 8. The van der Waals surface area contributed by atoms with Crippen molar-refractivity contribution in [1.82, 2.24) is 14.9 Å². The van der Waals surface area contributed by atoms with Gasteiger partial charge in [0.15, 0.2) is 5.78 Å². The minimum atomic E-state index is -0.257. The highest BCUT2D eigenvalue weighted by Crippen LogP contribution is 2.34. The van der Waals surface area contributed by atoms with E-state index in [1.165, 1.54) is 19.3 Å². The first-order valence-electron chi connectivity index (χ1n) is 10.1. The number of amides is 1. The molecule has 1 fully saturated rings. The fourth-order valence-electron chi connectivity index (χ4n) is 3.33. The largest absolute Gasteiger partial charge is 0.496 e. The molecule has 1 aliphatic rings. The number of allylic oxidation sites excluding steroid dienone is 1. The van der Waals surface area contributed by atoms with E-state index >= 15 is 0 Å². The van der Waals surface area contributed by atoms with E-state index in [0.717, 1.165) is 24.4 Å². The number of methoxy groups -OCH3 is 1. The van der Waals surface area contributed by atoms with Gasteiger partial charge in [-0.2, -0.15) is 0 Å². The number of ether oxygens (including phenoxy) is 2. The van der Waals surface area contributed by atoms with Gasteiger partial charge in [0.2, 0.25) is 5.91 Å². The monoisotopic (exact) mass is 403 g/mol. The molecule has 1 aromatic rings. The molecule has 0 N–H and O–H groups in total. The van der Waals surface area contributed by atoms with Crippen LogP contribution in [0.5, 0.6) is 11.5 Å². The molecule has 7 heteroatoms. The standard InChI is InChI=1S/C22H33N3O4/c1-7-29-21-15-20(28-6)18(14-17(21)16(2)3)19(26)8-9-22(27)24-10-12-25(13-11-24)23(4)5/h8-9,14-16H,7,10-13H2,1-6H3. The number of benzene rings is 1. The van der Waals surface area contributed by atoms with Crippen molar-refractivity contribution in [3.05, 3.63) is 35.4 Å². The summed E-state index contributed by atoms with van der Waals surface area (Å²) < 4.78 is 11.1. The molecule has 0 bridgehead atoms. The topological polar surface area (TPSA) is 62.3 Å². The number of carbonyl (C=O) groups is 2. The molecule has 160 valence electrons. The number of nitrogens with zero attached hydrogens (tertiary/aromatic N) is 3. The van der Waals surface area contributed by atoms with Crippen LogP contribution in [-0.4, -0.2) is 80.6 Å². The van der Waals surface area contributed by atoms with Gasteiger partial charge in [-0.3, -0.25) is 9.59 Å². The minimum Gasteiger partial charge on any atom is -0.496 e. The maximum atomic E-state index is 12.8. The van der Waals surface area contributed by atoms with E-state index in [-0.39, 0.29) is 17.6 Å². The number of hydrogen-bond donors (Lipinski definition) is 0. The maximum absolute atomic E-state index is 12.8. The van der Waals surface area contributed by atoms with Gasteiger partial charge in [0.1, 0.15) is 11.5 Å². The molecule has 0 radical (unpaired) electrons. The van der Waals surface area contributed by atoms with Gasteiger partial charge in [-0.15, -0.1) is 0 Å². The highest BCUT2D eigenvalue weighted by molar-refractivity contribution is 6.09. The molecule has 1 amide bonds. The molecule has 2 rings (SSSR count). The molecule has 1 aliphatic heterocycles. The van der Waals surface area contributed by atoms with E-state index in [0.29, 0.717) is 31.0 Å². The van der Waals surface area contributed by atoms with Gasteiger partial charge in [0.25, 0.3) is 0 Å². The Hall–Kier alpha value is -2.38. The number of hydrogen-bond acceptors (Lipinski definition) is 6. The quantitative estimate of drug-likeness (QED) is 0.491. The second kappa shape index (κ2) is 10.4. The number of piperazine rings is 1. The first-order chi connectivity index (χ1) is 13.8. The molecule has 0 saturated carbocycles. The molecule has 29 heavy (non-hydrogen) atoms. The molecule has 0 spiro atoms. The summed E-state index contributed by atoms with van der Waals surface area (Å²) in [4.78, 5) is 27.0. The summed E-state index contributed by atoms with van der Waals surface area (Å²) >= 11 is 0. The van der Waals surface area contributed by atoms with Crippen molar-refractivity contribution >= 4 is 11.7 Å². The van der Waals surface area contributed by atoms with Crippen molar-refractivity contribution in [2.75, 3.05) is 54.0 Å². The first kappa shape index (κ1) is 22.9. The summed E-state index contributed by atoms with van der Waals surface area (Å²) in [5.41, 5.74) is 1.37. The van der Waals surface area contributed by atoms with Gasteiger partial charge >= 0.3 is 0 Å². The average Bonchev–Trinajstić information content (AvgIpc) is 2.71. The fraction of sp³-hybridized carbons (Fsp3) is 0.545. The summed E-state index contributed by atoms with van der Waals surface area (Å²) in [5.74, 6) is 0.944. The summed E-state index contributed by atoms with van der Waals surface area (Å²) in [6, 6.07) is 3.56. The van der Waals surface area contributed by atoms with Crippen LogP contribution in [0.25, 0.3) is 0 Å². The van der Waals surface area contributed by atoms with Gasteiger partial charge in [0.05, 0.1) is 19.3 Å². The SMILES string of the molecule is CCOc1cc(OC)c(C(=O)C=CC(=O)N2CCN(N(C)C)CC2)cc1C(C)C. The summed E-state index contributed by atoms with van der Waals surface area (Å²) in [7, 11) is 5.51. The van der Waals surface area contributed by atoms with E-state index in [4.69, 9.17) is 9.47 Å². The second-order valence-electron chi connectivity index (χ2n) is 7.50. The molecular weight excluding hydrogens is 370 g/mol. The molecule has 0 aromatic heterocycles. The van der Waals surface area contributed by atoms with Gasteiger partial charge in [-0.25, -0.2) is 10.0 Å². The average molecular weight is 404 g/mol. The summed E-state index contributed by atoms with van der Waals surface area (Å²) in [5, 5.41) is 4.21. The molecule has 1 saturated heterocycles. The highest BCUT2D eigenvalue weighted by Gasteiger charge is 2.21. The predicted molar refractivity (Wildman–Crippen MR) is 114 cm³/mol. The lowest BCUT2D eigenvalue weighted by Gasteiger charge is -2.37. The highest BCUT2D eigenvalue weighted by atomic mass is 16.5. The van der Waals surface area contributed by atoms with Crippen LogP contribution in [0.2, 0.25) is 0 Å². The Balaban J connectivity index is 2.15. The molecular formula is C22H33N3O4. The Bertz CT molecular complexity index is 751. The van der Waals surface area contributed by atoms with Crippen LogP contribution in [0.15, 0.2) is 24.3 Å². The third-order valence-corrected chi connectivity index (χ3v) is 5.03. The second-order valence-corrected chi connectivity index (χ2v) is 7.50. The zero-order valence-corrected chi connectivity index (χ0v) is 18.4. The number of hydrazine groups is 1. The van der Waals surface area contributed by atoms with Crippen molar-refractivity contribution in [1.29, 1.82) is 0 Å². The normalized spacial score (nSPS) is 15.4. The van der Waals surface area contributed by atoms with Crippen LogP contribution in [0.1, 0.15) is 42.6 Å². The Morgan fingerprint density at radius 2 is 1.76 bits per heavy atom. The van der Waals surface area contributed by atoms with E-state index in [1.54, 1.807) is 11.0 Å². The van der Waals surface area contributed by atoms with Crippen LogP contribution in [0, 0.1) is 0 Å². The van der Waals surface area contributed by atoms with E-state index in [9.17, 15) is 9.59 Å². The zero-order chi connectivity index (χ0) is 21.6. The van der Waals surface area contributed by atoms with Gasteiger partial charge in [-0.1, -0.05) is 13.8 Å². The molecule has 1 aromatic carbocycles. The van der Waals surface area contributed by atoms with Crippen molar-refractivity contribution in [2.24, 2.45) is 0 Å². The summed E-state index contributed by atoms with van der Waals surface area (Å²) in [6.07, 6.45) is 2.70. The van der Waals surface area contributed by atoms with E-state index in [2.05, 4.69) is 5.01 Å². The molecule has 1 heterocycles. The lowest BCUT2D eigenvalue weighted by molar-refractivity contribution is -0.130. The van der Waals surface area contributed by atoms with Crippen molar-refractivity contribution < 1.29 is 19.1 Å². The lowest BCUT2D eigenvalue weighted by atomic mass is 9.97. The van der Waals surface area contributed by atoms with Crippen LogP contribution >= 0.6 is 0 Å². The van der Waals surface area contributed by atoms with Crippen LogP contribution in [0.4, 0.5) is 0 Å². The first-order valence-corrected chi connectivity index (χ1v) is 10.1. The minimum absolute atomic E-state index is 0.147. The Kier molecular flexibility index (Phi) is 8.22. The zero-order valence-electron chi connectivity index (χ0n) is 18.4. The molecule has 0 unspecified atom stereocenters. The van der Waals surface area contributed by atoms with Crippen LogP contribution < -0.4 is 9.47 Å². The van der Waals surface area contributed by atoms with Gasteiger partial charge in [0, 0.05) is 52.4 Å². The van der Waals surface area contributed by atoms with Gasteiger partial charge in [-0.05, 0) is 30.5 Å². The van der Waals surface area contributed by atoms with Crippen LogP contribution in [0.3, 0.4) is 0 Å². The third kappa shape index (κ3) is 5.81. The summed E-state index contributed by atoms with van der Waals surface area (Å²) in [6.45, 7) is 9.39. The predicted octanol–water partition coefficient (Wildman–Crippen LogP) is 2.58. The molecule has 7 nitrogen and oxygen atoms in total. The van der Waals surface area contributed by atoms with Gasteiger partial charge < -0.3 is 14.4 Å². The third-order valence-electron chi connectivity index (χ3n) is 5.03. The smallest absolute Gasteiger partial charge is 0.246 e. The van der Waals surface area contributed by atoms with Crippen LogP contribution in [-0.2, 0) is 4.79 Å². The Morgan fingerprint density at radius 3 is 2.28 bits per heavy atom. The van der Waals surface area contributed by atoms with E-state index < -0.39 is 0 Å². The van der Waals surface area contributed by atoms with Crippen molar-refractivity contribution in [3.63, 3.8) is 0 Å². The Morgan fingerprint density at radius 1 is 1.10 bits per heavy atom. The fourth-order valence-corrected chi connectivity index (χ4v) is 3.33. The number of ketones is 1. The Labute approximate surface area is 173 Å². The maximum Gasteiger partial charge on any atom is 0.246 e. The van der Waals surface area contributed by atoms with E-state index in [1.807, 2.05) is 45.9 Å². The lowest BCUT2D eigenvalue weighted by Crippen LogP contribution is -2.52. The molecule has 0 atom stereocenters. The van der Waals surface area contributed by atoms with Crippen molar-refractivity contribution in [2.45, 2.75) is 26.7 Å². The number of carbonyl (C=O) groups excluding carboxylic acids is 2. The van der Waals surface area contributed by atoms with Crippen molar-refractivity contribution in [3.8, 4) is 11.5 Å². The molecule has 0 aliphatic carbocycles.